The summed E-state index contributed by atoms with van der Waals surface area (Å²) in [5, 5.41) is 3.13. The summed E-state index contributed by atoms with van der Waals surface area (Å²) in [7, 11) is 0. The van der Waals surface area contributed by atoms with E-state index in [-0.39, 0.29) is 24.0 Å². The van der Waals surface area contributed by atoms with Gasteiger partial charge in [0, 0.05) is 57.5 Å². The number of anilines is 1. The van der Waals surface area contributed by atoms with Crippen LogP contribution >= 0.6 is 35.3 Å². The Hall–Kier alpha value is -0.610. The van der Waals surface area contributed by atoms with Gasteiger partial charge in [0.1, 0.15) is 0 Å². The van der Waals surface area contributed by atoms with Crippen LogP contribution in [-0.4, -0.2) is 61.8 Å². The van der Waals surface area contributed by atoms with Crippen LogP contribution in [-0.2, 0) is 4.74 Å². The zero-order valence-electron chi connectivity index (χ0n) is 15.0. The second-order valence-electron chi connectivity index (χ2n) is 6.76. The summed E-state index contributed by atoms with van der Waals surface area (Å²) in [4.78, 5) is 13.7. The van der Waals surface area contributed by atoms with Gasteiger partial charge in [-0.3, -0.25) is 4.99 Å². The van der Waals surface area contributed by atoms with Crippen molar-refractivity contribution in [1.82, 2.24) is 9.88 Å². The number of hydrogen-bond donors (Lipinski definition) is 1. The van der Waals surface area contributed by atoms with Crippen LogP contribution in [0, 0.1) is 5.41 Å². The van der Waals surface area contributed by atoms with E-state index in [4.69, 9.17) is 15.5 Å². The van der Waals surface area contributed by atoms with Crippen LogP contribution in [0.2, 0.25) is 0 Å². The normalized spacial score (nSPS) is 20.1. The second-order valence-corrected chi connectivity index (χ2v) is 7.64. The number of nitrogens with two attached hydrogens (primary N) is 1. The fourth-order valence-corrected chi connectivity index (χ4v) is 4.14. The van der Waals surface area contributed by atoms with E-state index >= 15 is 0 Å². The van der Waals surface area contributed by atoms with Crippen molar-refractivity contribution in [3.63, 3.8) is 0 Å². The third-order valence-corrected chi connectivity index (χ3v) is 6.10. The molecule has 142 valence electrons. The molecule has 3 rings (SSSR count). The lowest BCUT2D eigenvalue weighted by Crippen LogP contribution is -2.51. The van der Waals surface area contributed by atoms with E-state index in [1.165, 1.54) is 19.3 Å². The van der Waals surface area contributed by atoms with Crippen LogP contribution in [0.3, 0.4) is 0 Å². The van der Waals surface area contributed by atoms with Gasteiger partial charge in [-0.05, 0) is 31.6 Å². The average molecular weight is 479 g/mol. The number of rotatable bonds is 7. The standard InChI is InChI=1S/C17H29N5OS.HI/c1-2-23-12-6-17(4-3-5-17)14-20-15(18)21-8-10-22(11-9-21)16-19-7-13-24-16;/h7,13H,2-6,8-12,14H2,1H3,(H2,18,20);1H. The molecule has 1 aromatic heterocycles. The molecule has 0 spiro atoms. The summed E-state index contributed by atoms with van der Waals surface area (Å²) in [5.74, 6) is 0.705. The van der Waals surface area contributed by atoms with Crippen molar-refractivity contribution >= 4 is 46.4 Å². The highest BCUT2D eigenvalue weighted by Gasteiger charge is 2.36. The van der Waals surface area contributed by atoms with Crippen molar-refractivity contribution in [1.29, 1.82) is 0 Å². The molecule has 2 fully saturated rings. The fraction of sp³-hybridized carbons (Fsp3) is 0.765. The minimum Gasteiger partial charge on any atom is -0.382 e. The second kappa shape index (κ2) is 9.91. The lowest BCUT2D eigenvalue weighted by molar-refractivity contribution is 0.0608. The number of halogens is 1. The minimum atomic E-state index is 0. The van der Waals surface area contributed by atoms with Crippen molar-refractivity contribution in [3.05, 3.63) is 11.6 Å². The Morgan fingerprint density at radius 3 is 2.68 bits per heavy atom. The van der Waals surface area contributed by atoms with Crippen LogP contribution in [0.4, 0.5) is 5.13 Å². The Labute approximate surface area is 171 Å². The molecule has 2 N–H and O–H groups in total. The Kier molecular flexibility index (Phi) is 8.21. The van der Waals surface area contributed by atoms with Crippen molar-refractivity contribution in [3.8, 4) is 0 Å². The Balaban J connectivity index is 0.00000225. The number of thiazole rings is 1. The van der Waals surface area contributed by atoms with Crippen molar-refractivity contribution in [2.75, 3.05) is 50.8 Å². The minimum absolute atomic E-state index is 0. The number of nitrogens with zero attached hydrogens (tertiary/aromatic N) is 4. The first-order chi connectivity index (χ1) is 11.7. The van der Waals surface area contributed by atoms with Gasteiger partial charge in [0.15, 0.2) is 11.1 Å². The van der Waals surface area contributed by atoms with Gasteiger partial charge in [0.2, 0.25) is 0 Å². The first-order valence-corrected chi connectivity index (χ1v) is 9.87. The first-order valence-electron chi connectivity index (χ1n) is 8.99. The van der Waals surface area contributed by atoms with Gasteiger partial charge >= 0.3 is 0 Å². The summed E-state index contributed by atoms with van der Waals surface area (Å²) in [5.41, 5.74) is 6.60. The summed E-state index contributed by atoms with van der Waals surface area (Å²) >= 11 is 1.70. The lowest BCUT2D eigenvalue weighted by Gasteiger charge is -2.41. The maximum Gasteiger partial charge on any atom is 0.191 e. The van der Waals surface area contributed by atoms with Gasteiger partial charge in [-0.2, -0.15) is 0 Å². The van der Waals surface area contributed by atoms with Crippen molar-refractivity contribution in [2.24, 2.45) is 16.1 Å². The summed E-state index contributed by atoms with van der Waals surface area (Å²) in [6, 6.07) is 0. The van der Waals surface area contributed by atoms with E-state index in [1.54, 1.807) is 11.3 Å². The number of aliphatic imine (C=N–C) groups is 1. The summed E-state index contributed by atoms with van der Waals surface area (Å²) in [6.07, 6.45) is 6.80. The predicted molar refractivity (Wildman–Crippen MR) is 115 cm³/mol. The molecular weight excluding hydrogens is 449 g/mol. The van der Waals surface area contributed by atoms with Gasteiger partial charge in [-0.15, -0.1) is 35.3 Å². The molecule has 0 radical (unpaired) electrons. The van der Waals surface area contributed by atoms with Gasteiger partial charge < -0.3 is 20.3 Å². The number of ether oxygens (including phenoxy) is 1. The monoisotopic (exact) mass is 479 g/mol. The van der Waals surface area contributed by atoms with E-state index in [0.29, 0.717) is 11.4 Å². The maximum absolute atomic E-state index is 6.27. The maximum atomic E-state index is 6.27. The molecule has 0 atom stereocenters. The highest BCUT2D eigenvalue weighted by atomic mass is 127. The summed E-state index contributed by atoms with van der Waals surface area (Å²) in [6.45, 7) is 8.29. The topological polar surface area (TPSA) is 67.0 Å². The fourth-order valence-electron chi connectivity index (χ4n) is 3.44. The Morgan fingerprint density at radius 2 is 2.12 bits per heavy atom. The van der Waals surface area contributed by atoms with E-state index in [1.807, 2.05) is 11.6 Å². The van der Waals surface area contributed by atoms with Gasteiger partial charge in [0.25, 0.3) is 0 Å². The molecule has 1 aliphatic heterocycles. The third-order valence-electron chi connectivity index (χ3n) is 5.27. The predicted octanol–water partition coefficient (Wildman–Crippen LogP) is 2.79. The van der Waals surface area contributed by atoms with Crippen LogP contribution in [0.5, 0.6) is 0 Å². The number of hydrogen-bond acceptors (Lipinski definition) is 5. The smallest absolute Gasteiger partial charge is 0.191 e. The lowest BCUT2D eigenvalue weighted by atomic mass is 9.67. The van der Waals surface area contributed by atoms with E-state index < -0.39 is 0 Å². The zero-order valence-corrected chi connectivity index (χ0v) is 18.2. The molecule has 1 saturated carbocycles. The number of aromatic nitrogens is 1. The molecule has 1 aromatic rings. The van der Waals surface area contributed by atoms with Crippen LogP contribution in [0.1, 0.15) is 32.6 Å². The SMILES string of the molecule is CCOCCC1(CN=C(N)N2CCN(c3nccs3)CC2)CCC1.I. The molecule has 0 unspecified atom stereocenters. The Bertz CT molecular complexity index is 527. The molecule has 25 heavy (non-hydrogen) atoms. The van der Waals surface area contributed by atoms with Crippen LogP contribution in [0.15, 0.2) is 16.6 Å². The molecule has 2 aliphatic rings. The molecule has 8 heteroatoms. The van der Waals surface area contributed by atoms with E-state index in [2.05, 4.69) is 21.7 Å². The molecule has 0 amide bonds. The van der Waals surface area contributed by atoms with Gasteiger partial charge in [-0.25, -0.2) is 4.98 Å². The first kappa shape index (κ1) is 20.7. The van der Waals surface area contributed by atoms with Crippen molar-refractivity contribution in [2.45, 2.75) is 32.6 Å². The molecule has 0 aromatic carbocycles. The molecule has 6 nitrogen and oxygen atoms in total. The largest absolute Gasteiger partial charge is 0.382 e. The van der Waals surface area contributed by atoms with Gasteiger partial charge in [-0.1, -0.05) is 6.42 Å². The Morgan fingerprint density at radius 1 is 1.36 bits per heavy atom. The highest BCUT2D eigenvalue weighted by molar-refractivity contribution is 14.0. The number of guanidine groups is 1. The van der Waals surface area contributed by atoms with Crippen molar-refractivity contribution < 1.29 is 4.74 Å². The summed E-state index contributed by atoms with van der Waals surface area (Å²) < 4.78 is 5.53. The van der Waals surface area contributed by atoms with Crippen LogP contribution in [0.25, 0.3) is 0 Å². The molecule has 1 saturated heterocycles. The zero-order chi connectivity index (χ0) is 16.8. The molecule has 1 aliphatic carbocycles. The quantitative estimate of drug-likeness (QED) is 0.282. The molecule has 0 bridgehead atoms. The van der Waals surface area contributed by atoms with Crippen LogP contribution < -0.4 is 10.6 Å². The molecule has 2 heterocycles. The van der Waals surface area contributed by atoms with Gasteiger partial charge in [0.05, 0.1) is 0 Å². The van der Waals surface area contributed by atoms with E-state index in [0.717, 1.165) is 57.5 Å². The van der Waals surface area contributed by atoms with E-state index in [9.17, 15) is 0 Å². The highest BCUT2D eigenvalue weighted by Crippen LogP contribution is 2.44. The average Bonchev–Trinajstić information content (AvgIpc) is 3.11. The molecular formula is C17H30IN5OS. The number of piperazine rings is 1. The third kappa shape index (κ3) is 5.43.